The molecule has 1 heterocycles. The lowest BCUT2D eigenvalue weighted by atomic mass is 10.2. The summed E-state index contributed by atoms with van der Waals surface area (Å²) in [6.07, 6.45) is 1.63. The SMILES string of the molecule is COCC(=O)Nc1cccc(NCc2occc2Br)c1. The minimum Gasteiger partial charge on any atom is -0.466 e. The van der Waals surface area contributed by atoms with E-state index in [1.807, 2.05) is 30.3 Å². The summed E-state index contributed by atoms with van der Waals surface area (Å²) in [6, 6.07) is 9.30. The Morgan fingerprint density at radius 1 is 1.35 bits per heavy atom. The Kier molecular flexibility index (Phi) is 5.20. The zero-order chi connectivity index (χ0) is 14.4. The van der Waals surface area contributed by atoms with Crippen molar-refractivity contribution in [3.63, 3.8) is 0 Å². The largest absolute Gasteiger partial charge is 0.466 e. The summed E-state index contributed by atoms with van der Waals surface area (Å²) in [7, 11) is 1.48. The lowest BCUT2D eigenvalue weighted by molar-refractivity contribution is -0.119. The molecule has 1 aromatic carbocycles. The fourth-order valence-corrected chi connectivity index (χ4v) is 2.01. The number of ether oxygens (including phenoxy) is 1. The van der Waals surface area contributed by atoms with Gasteiger partial charge in [0.2, 0.25) is 5.91 Å². The van der Waals surface area contributed by atoms with Gasteiger partial charge in [-0.1, -0.05) is 6.07 Å². The number of halogens is 1. The highest BCUT2D eigenvalue weighted by Gasteiger charge is 2.04. The van der Waals surface area contributed by atoms with Crippen molar-refractivity contribution in [1.29, 1.82) is 0 Å². The van der Waals surface area contributed by atoms with Crippen LogP contribution in [0, 0.1) is 0 Å². The number of benzene rings is 1. The second kappa shape index (κ2) is 7.12. The van der Waals surface area contributed by atoms with Crippen molar-refractivity contribution in [3.05, 3.63) is 46.8 Å². The van der Waals surface area contributed by atoms with Crippen molar-refractivity contribution in [3.8, 4) is 0 Å². The molecular formula is C14H15BrN2O3. The number of hydrogen-bond acceptors (Lipinski definition) is 4. The van der Waals surface area contributed by atoms with Gasteiger partial charge in [0.1, 0.15) is 12.4 Å². The van der Waals surface area contributed by atoms with Gasteiger partial charge >= 0.3 is 0 Å². The van der Waals surface area contributed by atoms with Crippen LogP contribution >= 0.6 is 15.9 Å². The molecule has 1 amide bonds. The molecule has 1 aromatic heterocycles. The van der Waals surface area contributed by atoms with Crippen LogP contribution in [0.1, 0.15) is 5.76 Å². The molecule has 2 aromatic rings. The predicted molar refractivity (Wildman–Crippen MR) is 80.7 cm³/mol. The van der Waals surface area contributed by atoms with E-state index in [4.69, 9.17) is 9.15 Å². The quantitative estimate of drug-likeness (QED) is 0.848. The van der Waals surface area contributed by atoms with Crippen LogP contribution in [0.25, 0.3) is 0 Å². The first-order valence-electron chi connectivity index (χ1n) is 6.03. The minimum absolute atomic E-state index is 0.0387. The van der Waals surface area contributed by atoms with Crippen LogP contribution in [0.5, 0.6) is 0 Å². The summed E-state index contributed by atoms with van der Waals surface area (Å²) in [5, 5.41) is 5.98. The molecular weight excluding hydrogens is 324 g/mol. The highest BCUT2D eigenvalue weighted by molar-refractivity contribution is 9.10. The van der Waals surface area contributed by atoms with Gasteiger partial charge in [-0.25, -0.2) is 0 Å². The maximum absolute atomic E-state index is 11.4. The van der Waals surface area contributed by atoms with Crippen LogP contribution in [0.2, 0.25) is 0 Å². The third-order valence-corrected chi connectivity index (χ3v) is 3.27. The first-order chi connectivity index (χ1) is 9.69. The van der Waals surface area contributed by atoms with Crippen LogP contribution in [0.4, 0.5) is 11.4 Å². The Balaban J connectivity index is 1.95. The van der Waals surface area contributed by atoms with Gasteiger partial charge in [-0.15, -0.1) is 0 Å². The smallest absolute Gasteiger partial charge is 0.250 e. The standard InChI is InChI=1S/C14H15BrN2O3/c1-19-9-14(18)17-11-4-2-3-10(7-11)16-8-13-12(15)5-6-20-13/h2-7,16H,8-9H2,1H3,(H,17,18). The topological polar surface area (TPSA) is 63.5 Å². The zero-order valence-corrected chi connectivity index (χ0v) is 12.6. The summed E-state index contributed by atoms with van der Waals surface area (Å²) in [5.41, 5.74) is 1.61. The van der Waals surface area contributed by atoms with Gasteiger partial charge in [0.05, 0.1) is 17.3 Å². The molecule has 2 rings (SSSR count). The number of methoxy groups -OCH3 is 1. The molecule has 0 aliphatic rings. The van der Waals surface area contributed by atoms with Gasteiger partial charge in [-0.05, 0) is 40.2 Å². The molecule has 0 spiro atoms. The molecule has 0 atom stereocenters. The zero-order valence-electron chi connectivity index (χ0n) is 11.0. The van der Waals surface area contributed by atoms with E-state index in [-0.39, 0.29) is 12.5 Å². The molecule has 106 valence electrons. The first kappa shape index (κ1) is 14.6. The average molecular weight is 339 g/mol. The summed E-state index contributed by atoms with van der Waals surface area (Å²) in [6.45, 7) is 0.597. The Morgan fingerprint density at radius 3 is 2.85 bits per heavy atom. The van der Waals surface area contributed by atoms with E-state index in [0.29, 0.717) is 6.54 Å². The average Bonchev–Trinajstić information content (AvgIpc) is 2.82. The van der Waals surface area contributed by atoms with Gasteiger partial charge in [-0.2, -0.15) is 0 Å². The van der Waals surface area contributed by atoms with E-state index < -0.39 is 0 Å². The van der Waals surface area contributed by atoms with Crippen LogP contribution in [-0.4, -0.2) is 19.6 Å². The number of nitrogens with one attached hydrogen (secondary N) is 2. The van der Waals surface area contributed by atoms with E-state index in [1.165, 1.54) is 7.11 Å². The van der Waals surface area contributed by atoms with Gasteiger partial charge < -0.3 is 19.8 Å². The number of rotatable bonds is 6. The fourth-order valence-electron chi connectivity index (χ4n) is 1.67. The van der Waals surface area contributed by atoms with Crippen molar-refractivity contribution in [2.24, 2.45) is 0 Å². The molecule has 5 nitrogen and oxygen atoms in total. The molecule has 20 heavy (non-hydrogen) atoms. The third kappa shape index (κ3) is 4.11. The Morgan fingerprint density at radius 2 is 2.15 bits per heavy atom. The molecule has 0 radical (unpaired) electrons. The Labute approximate surface area is 125 Å². The molecule has 0 fully saturated rings. The lowest BCUT2D eigenvalue weighted by Crippen LogP contribution is -2.17. The number of anilines is 2. The van der Waals surface area contributed by atoms with Gasteiger partial charge in [0, 0.05) is 18.5 Å². The molecule has 0 saturated heterocycles. The maximum Gasteiger partial charge on any atom is 0.250 e. The van der Waals surface area contributed by atoms with Gasteiger partial charge in [0.25, 0.3) is 0 Å². The number of amides is 1. The number of carbonyl (C=O) groups excluding carboxylic acids is 1. The van der Waals surface area contributed by atoms with E-state index in [1.54, 1.807) is 6.26 Å². The Bertz CT molecular complexity index is 583. The van der Waals surface area contributed by atoms with Crippen molar-refractivity contribution >= 4 is 33.2 Å². The predicted octanol–water partition coefficient (Wildman–Crippen LogP) is 3.24. The third-order valence-electron chi connectivity index (χ3n) is 2.57. The van der Waals surface area contributed by atoms with Crippen molar-refractivity contribution in [1.82, 2.24) is 0 Å². The molecule has 0 aliphatic heterocycles. The monoisotopic (exact) mass is 338 g/mol. The van der Waals surface area contributed by atoms with Crippen molar-refractivity contribution < 1.29 is 13.9 Å². The maximum atomic E-state index is 11.4. The summed E-state index contributed by atoms with van der Waals surface area (Å²) in [4.78, 5) is 11.4. The second-order valence-corrected chi connectivity index (χ2v) is 4.96. The van der Waals surface area contributed by atoms with E-state index in [9.17, 15) is 4.79 Å². The van der Waals surface area contributed by atoms with E-state index in [2.05, 4.69) is 26.6 Å². The van der Waals surface area contributed by atoms with Crippen LogP contribution in [-0.2, 0) is 16.1 Å². The molecule has 0 aliphatic carbocycles. The number of furan rings is 1. The fraction of sp³-hybridized carbons (Fsp3) is 0.214. The summed E-state index contributed by atoms with van der Waals surface area (Å²) < 4.78 is 11.0. The van der Waals surface area contributed by atoms with Crippen LogP contribution in [0.3, 0.4) is 0 Å². The molecule has 2 N–H and O–H groups in total. The number of hydrogen-bond donors (Lipinski definition) is 2. The highest BCUT2D eigenvalue weighted by Crippen LogP contribution is 2.20. The van der Waals surface area contributed by atoms with Crippen molar-refractivity contribution in [2.45, 2.75) is 6.54 Å². The van der Waals surface area contributed by atoms with Crippen LogP contribution < -0.4 is 10.6 Å². The van der Waals surface area contributed by atoms with Gasteiger partial charge in [0.15, 0.2) is 0 Å². The summed E-state index contributed by atoms with van der Waals surface area (Å²) in [5.74, 6) is 0.636. The summed E-state index contributed by atoms with van der Waals surface area (Å²) >= 11 is 3.40. The van der Waals surface area contributed by atoms with Crippen LogP contribution in [0.15, 0.2) is 45.5 Å². The normalized spacial score (nSPS) is 10.3. The molecule has 0 unspecified atom stereocenters. The second-order valence-electron chi connectivity index (χ2n) is 4.11. The van der Waals surface area contributed by atoms with E-state index >= 15 is 0 Å². The Hall–Kier alpha value is -1.79. The first-order valence-corrected chi connectivity index (χ1v) is 6.83. The molecule has 0 bridgehead atoms. The van der Waals surface area contributed by atoms with Crippen molar-refractivity contribution in [2.75, 3.05) is 24.4 Å². The molecule has 6 heteroatoms. The highest BCUT2D eigenvalue weighted by atomic mass is 79.9. The lowest BCUT2D eigenvalue weighted by Gasteiger charge is -2.08. The van der Waals surface area contributed by atoms with E-state index in [0.717, 1.165) is 21.6 Å². The minimum atomic E-state index is -0.182. The number of carbonyl (C=O) groups is 1. The molecule has 0 saturated carbocycles. The van der Waals surface area contributed by atoms with Gasteiger partial charge in [-0.3, -0.25) is 4.79 Å².